The number of aliphatic imine (C=N–C) groups is 1. The molecule has 3 rings (SSSR count). The van der Waals surface area contributed by atoms with Gasteiger partial charge in [-0.25, -0.2) is 4.39 Å². The molecule has 0 N–H and O–H groups in total. The first-order valence-electron chi connectivity index (χ1n) is 7.99. The van der Waals surface area contributed by atoms with Gasteiger partial charge in [0, 0.05) is 21.8 Å². The Hall–Kier alpha value is -1.98. The third-order valence-corrected chi connectivity index (χ3v) is 4.87. The standard InChI is InChI=1S/C21H16Br2FNO/c1-14-6-2-5-9-20(14)25-12-16-10-17(22)11-18(23)21(16)26-13-15-7-3-4-8-19(15)24/h2-12H,13H2,1H3. The molecule has 132 valence electrons. The third-order valence-electron chi connectivity index (χ3n) is 3.83. The molecule has 0 amide bonds. The summed E-state index contributed by atoms with van der Waals surface area (Å²) in [6.07, 6.45) is 1.76. The predicted octanol–water partition coefficient (Wildman–Crippen LogP) is 6.99. The number of rotatable bonds is 5. The normalized spacial score (nSPS) is 11.1. The molecule has 0 aliphatic carbocycles. The van der Waals surface area contributed by atoms with E-state index in [9.17, 15) is 4.39 Å². The summed E-state index contributed by atoms with van der Waals surface area (Å²) in [5.74, 6) is 0.338. The number of nitrogens with zero attached hydrogens (tertiary/aromatic N) is 1. The molecule has 3 aromatic carbocycles. The zero-order valence-electron chi connectivity index (χ0n) is 14.0. The Morgan fingerprint density at radius 1 is 1.04 bits per heavy atom. The van der Waals surface area contributed by atoms with Crippen LogP contribution >= 0.6 is 31.9 Å². The highest BCUT2D eigenvalue weighted by Crippen LogP contribution is 2.33. The van der Waals surface area contributed by atoms with E-state index < -0.39 is 0 Å². The van der Waals surface area contributed by atoms with Gasteiger partial charge in [0.2, 0.25) is 0 Å². The number of hydrogen-bond donors (Lipinski definition) is 0. The summed E-state index contributed by atoms with van der Waals surface area (Å²) in [6, 6.07) is 18.3. The van der Waals surface area contributed by atoms with Gasteiger partial charge in [-0.15, -0.1) is 0 Å². The second kappa shape index (κ2) is 8.60. The van der Waals surface area contributed by atoms with Crippen LogP contribution in [0.3, 0.4) is 0 Å². The van der Waals surface area contributed by atoms with E-state index >= 15 is 0 Å². The van der Waals surface area contributed by atoms with E-state index in [0.29, 0.717) is 11.3 Å². The topological polar surface area (TPSA) is 21.6 Å². The van der Waals surface area contributed by atoms with Crippen molar-refractivity contribution in [1.82, 2.24) is 0 Å². The Kier molecular flexibility index (Phi) is 6.22. The van der Waals surface area contributed by atoms with Crippen molar-refractivity contribution in [2.24, 2.45) is 4.99 Å². The van der Waals surface area contributed by atoms with Gasteiger partial charge in [0.25, 0.3) is 0 Å². The lowest BCUT2D eigenvalue weighted by Gasteiger charge is -2.12. The van der Waals surface area contributed by atoms with Gasteiger partial charge in [0.05, 0.1) is 10.2 Å². The molecule has 0 aromatic heterocycles. The van der Waals surface area contributed by atoms with Gasteiger partial charge < -0.3 is 4.74 Å². The maximum absolute atomic E-state index is 13.8. The molecular weight excluding hydrogens is 461 g/mol. The van der Waals surface area contributed by atoms with Gasteiger partial charge in [0.1, 0.15) is 18.2 Å². The summed E-state index contributed by atoms with van der Waals surface area (Å²) in [5.41, 5.74) is 3.28. The smallest absolute Gasteiger partial charge is 0.142 e. The monoisotopic (exact) mass is 475 g/mol. The van der Waals surface area contributed by atoms with E-state index in [-0.39, 0.29) is 12.4 Å². The van der Waals surface area contributed by atoms with E-state index in [2.05, 4.69) is 36.9 Å². The predicted molar refractivity (Wildman–Crippen MR) is 111 cm³/mol. The summed E-state index contributed by atoms with van der Waals surface area (Å²) in [6.45, 7) is 2.15. The Balaban J connectivity index is 1.90. The molecule has 0 aliphatic heterocycles. The molecule has 0 bridgehead atoms. The third kappa shape index (κ3) is 4.59. The first-order chi connectivity index (χ1) is 12.5. The number of halogens is 3. The van der Waals surface area contributed by atoms with Crippen molar-refractivity contribution < 1.29 is 9.13 Å². The van der Waals surface area contributed by atoms with E-state index in [1.807, 2.05) is 43.3 Å². The molecule has 0 atom stereocenters. The molecule has 0 heterocycles. The van der Waals surface area contributed by atoms with Gasteiger partial charge in [-0.2, -0.15) is 0 Å². The van der Waals surface area contributed by atoms with Crippen molar-refractivity contribution in [3.8, 4) is 5.75 Å². The number of para-hydroxylation sites is 1. The van der Waals surface area contributed by atoms with Gasteiger partial charge in [-0.05, 0) is 52.7 Å². The first kappa shape index (κ1) is 18.8. The van der Waals surface area contributed by atoms with E-state index in [1.54, 1.807) is 24.4 Å². The number of ether oxygens (including phenoxy) is 1. The molecule has 0 saturated carbocycles. The molecule has 26 heavy (non-hydrogen) atoms. The van der Waals surface area contributed by atoms with Crippen molar-refractivity contribution >= 4 is 43.8 Å². The summed E-state index contributed by atoms with van der Waals surface area (Å²) in [7, 11) is 0. The van der Waals surface area contributed by atoms with Crippen LogP contribution in [0.5, 0.6) is 5.75 Å². The molecule has 0 unspecified atom stereocenters. The summed E-state index contributed by atoms with van der Waals surface area (Å²) >= 11 is 7.01. The molecule has 0 spiro atoms. The van der Waals surface area contributed by atoms with Crippen molar-refractivity contribution in [1.29, 1.82) is 0 Å². The average molecular weight is 477 g/mol. The van der Waals surface area contributed by atoms with E-state index in [1.165, 1.54) is 6.07 Å². The Labute approximate surface area is 169 Å². The maximum atomic E-state index is 13.8. The Morgan fingerprint density at radius 2 is 1.77 bits per heavy atom. The van der Waals surface area contributed by atoms with Crippen LogP contribution in [0.25, 0.3) is 0 Å². The highest BCUT2D eigenvalue weighted by Gasteiger charge is 2.11. The van der Waals surface area contributed by atoms with Crippen LogP contribution in [0.4, 0.5) is 10.1 Å². The van der Waals surface area contributed by atoms with Gasteiger partial charge in [-0.3, -0.25) is 4.99 Å². The average Bonchev–Trinajstić information content (AvgIpc) is 2.61. The van der Waals surface area contributed by atoms with Crippen molar-refractivity contribution in [2.45, 2.75) is 13.5 Å². The minimum absolute atomic E-state index is 0.137. The zero-order chi connectivity index (χ0) is 18.5. The molecule has 0 fully saturated rings. The number of hydrogen-bond acceptors (Lipinski definition) is 2. The van der Waals surface area contributed by atoms with Crippen LogP contribution in [-0.4, -0.2) is 6.21 Å². The lowest BCUT2D eigenvalue weighted by molar-refractivity contribution is 0.297. The van der Waals surface area contributed by atoms with Crippen LogP contribution in [-0.2, 0) is 6.61 Å². The summed E-state index contributed by atoms with van der Waals surface area (Å²) < 4.78 is 21.4. The van der Waals surface area contributed by atoms with Crippen LogP contribution in [0.2, 0.25) is 0 Å². The SMILES string of the molecule is Cc1ccccc1N=Cc1cc(Br)cc(Br)c1OCc1ccccc1F. The zero-order valence-corrected chi connectivity index (χ0v) is 17.2. The van der Waals surface area contributed by atoms with Crippen molar-refractivity contribution in [2.75, 3.05) is 0 Å². The first-order valence-corrected chi connectivity index (χ1v) is 9.58. The second-order valence-electron chi connectivity index (χ2n) is 5.73. The second-order valence-corrected chi connectivity index (χ2v) is 7.50. The molecular formula is C21H16Br2FNO. The van der Waals surface area contributed by atoms with Gasteiger partial charge in [0.15, 0.2) is 0 Å². The number of benzene rings is 3. The summed E-state index contributed by atoms with van der Waals surface area (Å²) in [4.78, 5) is 4.57. The fraction of sp³-hybridized carbons (Fsp3) is 0.0952. The van der Waals surface area contributed by atoms with Gasteiger partial charge >= 0.3 is 0 Å². The fourth-order valence-electron chi connectivity index (χ4n) is 2.44. The molecule has 0 radical (unpaired) electrons. The van der Waals surface area contributed by atoms with E-state index in [4.69, 9.17) is 4.74 Å². The molecule has 0 aliphatic rings. The molecule has 0 saturated heterocycles. The van der Waals surface area contributed by atoms with Crippen LogP contribution in [0.1, 0.15) is 16.7 Å². The van der Waals surface area contributed by atoms with Crippen LogP contribution in [0, 0.1) is 12.7 Å². The molecule has 3 aromatic rings. The molecule has 2 nitrogen and oxygen atoms in total. The Morgan fingerprint density at radius 3 is 2.54 bits per heavy atom. The van der Waals surface area contributed by atoms with Crippen LogP contribution < -0.4 is 4.74 Å². The summed E-state index contributed by atoms with van der Waals surface area (Å²) in [5, 5.41) is 0. The highest BCUT2D eigenvalue weighted by molar-refractivity contribution is 9.11. The van der Waals surface area contributed by atoms with Crippen molar-refractivity contribution in [3.05, 3.63) is 92.1 Å². The minimum Gasteiger partial charge on any atom is -0.487 e. The lowest BCUT2D eigenvalue weighted by atomic mass is 10.2. The van der Waals surface area contributed by atoms with Crippen molar-refractivity contribution in [3.63, 3.8) is 0 Å². The number of aryl methyl sites for hydroxylation is 1. The molecule has 5 heteroatoms. The highest BCUT2D eigenvalue weighted by atomic mass is 79.9. The largest absolute Gasteiger partial charge is 0.487 e. The quantitative estimate of drug-likeness (QED) is 0.363. The lowest BCUT2D eigenvalue weighted by Crippen LogP contribution is -2.01. The van der Waals surface area contributed by atoms with Crippen LogP contribution in [0.15, 0.2) is 74.6 Å². The maximum Gasteiger partial charge on any atom is 0.142 e. The fourth-order valence-corrected chi connectivity index (χ4v) is 3.81. The van der Waals surface area contributed by atoms with Gasteiger partial charge in [-0.1, -0.05) is 52.3 Å². The Bertz CT molecular complexity index is 956. The van der Waals surface area contributed by atoms with E-state index in [0.717, 1.165) is 25.8 Å². The minimum atomic E-state index is -0.282.